The topological polar surface area (TPSA) is 195 Å². The van der Waals surface area contributed by atoms with Gasteiger partial charge in [-0.05, 0) is 0 Å². The van der Waals surface area contributed by atoms with E-state index in [-0.39, 0.29) is 0 Å². The molecule has 4 N–H and O–H groups in total. The molecule has 160 valence electrons. The van der Waals surface area contributed by atoms with Crippen molar-refractivity contribution in [2.45, 2.75) is 25.4 Å². The molecule has 29 heavy (non-hydrogen) atoms. The molecule has 1 fully saturated rings. The molecule has 2 aromatic heterocycles. The van der Waals surface area contributed by atoms with Gasteiger partial charge < -0.3 is 19.6 Å². The van der Waals surface area contributed by atoms with Crippen LogP contribution in [0, 0.1) is 5.92 Å². The largest absolute Gasteiger partial charge is 0.480 e. The predicted molar refractivity (Wildman–Crippen MR) is 94.7 cm³/mol. The van der Waals surface area contributed by atoms with Gasteiger partial charge in [-0.2, -0.15) is 4.31 Å². The van der Waals surface area contributed by atoms with E-state index in [0.717, 1.165) is 23.2 Å². The molecule has 0 aliphatic carbocycles. The number of nitrogens with zero attached hydrogens (tertiary/aromatic N) is 3. The fourth-order valence-corrected chi connectivity index (χ4v) is 5.10. The van der Waals surface area contributed by atoms with E-state index in [1.807, 2.05) is 4.98 Å². The van der Waals surface area contributed by atoms with E-state index in [1.165, 1.54) is 12.4 Å². The minimum absolute atomic E-state index is 0.598. The van der Waals surface area contributed by atoms with Gasteiger partial charge in [0, 0.05) is 30.6 Å². The maximum atomic E-state index is 12.0. The van der Waals surface area contributed by atoms with Gasteiger partial charge >= 0.3 is 21.3 Å². The number of aliphatic hydroxyl groups is 1. The van der Waals surface area contributed by atoms with Crippen molar-refractivity contribution in [3.63, 3.8) is 0 Å². The molecule has 0 radical (unpaired) electrons. The van der Waals surface area contributed by atoms with E-state index < -0.39 is 57.8 Å². The average Bonchev–Trinajstić information content (AvgIpc) is 3.24. The molecule has 16 heteroatoms. The maximum absolute atomic E-state index is 12.0. The van der Waals surface area contributed by atoms with Gasteiger partial charge in [-0.15, -0.1) is 0 Å². The van der Waals surface area contributed by atoms with Gasteiger partial charge in [-0.1, -0.05) is 6.92 Å². The van der Waals surface area contributed by atoms with Crippen LogP contribution in [-0.2, 0) is 22.7 Å². The molecule has 6 atom stereocenters. The lowest BCUT2D eigenvalue weighted by Crippen LogP contribution is -2.33. The van der Waals surface area contributed by atoms with Crippen LogP contribution in [-0.4, -0.2) is 52.6 Å². The van der Waals surface area contributed by atoms with Crippen LogP contribution in [0.4, 0.5) is 0 Å². The summed E-state index contributed by atoms with van der Waals surface area (Å²) in [5.41, 5.74) is -1.37. The van der Waals surface area contributed by atoms with Crippen molar-refractivity contribution >= 4 is 15.6 Å². The Bertz CT molecular complexity index is 1070. The van der Waals surface area contributed by atoms with E-state index in [4.69, 9.17) is 9.26 Å². The minimum Gasteiger partial charge on any atom is -0.390 e. The predicted octanol–water partition coefficient (Wildman–Crippen LogP) is -0.590. The SMILES string of the molecule is C[C@H]1C(O)[C@@H](COP(=O)(O)OP(=O)(O)n2ccnc2)O[C@@H]1n1ccc(=O)[nH]c1=O. The number of hydrogen-bond acceptors (Lipinski definition) is 9. The normalized spacial score (nSPS) is 28.7. The second-order valence-electron chi connectivity index (χ2n) is 6.21. The summed E-state index contributed by atoms with van der Waals surface area (Å²) < 4.78 is 40.2. The summed E-state index contributed by atoms with van der Waals surface area (Å²) in [6.45, 7) is 0.876. The van der Waals surface area contributed by atoms with Gasteiger partial charge in [0.25, 0.3) is 5.56 Å². The van der Waals surface area contributed by atoms with Crippen LogP contribution in [0.5, 0.6) is 0 Å². The number of imidazole rings is 1. The lowest BCUT2D eigenvalue weighted by molar-refractivity contribution is -0.0466. The van der Waals surface area contributed by atoms with Gasteiger partial charge in [0.05, 0.1) is 12.7 Å². The van der Waals surface area contributed by atoms with Crippen molar-refractivity contribution < 1.29 is 37.6 Å². The highest BCUT2D eigenvalue weighted by Gasteiger charge is 2.44. The molecule has 3 unspecified atom stereocenters. The third-order valence-electron chi connectivity index (χ3n) is 4.20. The average molecular weight is 452 g/mol. The molecule has 1 aliphatic heterocycles. The molecule has 0 amide bonds. The number of rotatable bonds is 7. The first-order chi connectivity index (χ1) is 13.5. The molecular formula is C13H18N4O10P2. The van der Waals surface area contributed by atoms with Crippen LogP contribution < -0.4 is 11.2 Å². The molecule has 0 saturated carbocycles. The molecule has 14 nitrogen and oxygen atoms in total. The molecule has 0 bridgehead atoms. The van der Waals surface area contributed by atoms with Crippen molar-refractivity contribution in [1.29, 1.82) is 0 Å². The van der Waals surface area contributed by atoms with Crippen molar-refractivity contribution in [2.24, 2.45) is 5.92 Å². The standard InChI is InChI=1S/C13H18N4O10P2/c1-8-11(19)9(26-12(8)17-4-2-10(18)15-13(17)20)6-25-29(23,24)27-28(21,22)16-5-3-14-7-16/h2-5,7-9,11-12,19H,6H2,1H3,(H,21,22)(H,23,24)(H,15,18,20)/t8-,9+,11?,12-/m0/s1. The molecule has 3 heterocycles. The third kappa shape index (κ3) is 4.82. The zero-order valence-corrected chi connectivity index (χ0v) is 16.6. The number of H-pyrrole nitrogens is 1. The van der Waals surface area contributed by atoms with E-state index in [9.17, 15) is 33.6 Å². The number of aromatic amines is 1. The number of aromatic nitrogens is 4. The molecule has 0 spiro atoms. The van der Waals surface area contributed by atoms with Crippen LogP contribution in [0.1, 0.15) is 13.2 Å². The highest BCUT2D eigenvalue weighted by atomic mass is 31.3. The fourth-order valence-electron chi connectivity index (χ4n) is 2.74. The van der Waals surface area contributed by atoms with E-state index in [2.05, 4.69) is 9.29 Å². The van der Waals surface area contributed by atoms with Crippen LogP contribution in [0.3, 0.4) is 0 Å². The Kier molecular flexibility index (Phi) is 6.08. The summed E-state index contributed by atoms with van der Waals surface area (Å²) >= 11 is 0. The summed E-state index contributed by atoms with van der Waals surface area (Å²) in [5.74, 6) is -0.652. The first kappa shape index (κ1) is 21.8. The van der Waals surface area contributed by atoms with Gasteiger partial charge in [0.15, 0.2) is 0 Å². The fraction of sp³-hybridized carbons (Fsp3) is 0.462. The van der Waals surface area contributed by atoms with Crippen molar-refractivity contribution in [3.8, 4) is 0 Å². The number of phosphoric acid groups is 1. The molecule has 3 rings (SSSR count). The number of phosphoric ester groups is 1. The smallest absolute Gasteiger partial charge is 0.390 e. The second kappa shape index (κ2) is 8.09. The number of nitrogens with one attached hydrogen (secondary N) is 1. The van der Waals surface area contributed by atoms with Crippen LogP contribution in [0.25, 0.3) is 0 Å². The Morgan fingerprint density at radius 2 is 2.03 bits per heavy atom. The zero-order chi connectivity index (χ0) is 21.4. The van der Waals surface area contributed by atoms with Gasteiger partial charge in [-0.3, -0.25) is 18.9 Å². The van der Waals surface area contributed by atoms with E-state index >= 15 is 0 Å². The quantitative estimate of drug-likeness (QED) is 0.392. The molecule has 1 aliphatic rings. The summed E-state index contributed by atoms with van der Waals surface area (Å²) in [6, 6.07) is 1.10. The molecular weight excluding hydrogens is 434 g/mol. The highest BCUT2D eigenvalue weighted by molar-refractivity contribution is 7.63. The third-order valence-corrected chi connectivity index (χ3v) is 7.17. The van der Waals surface area contributed by atoms with Gasteiger partial charge in [-0.25, -0.2) is 23.2 Å². The molecule has 2 aromatic rings. The summed E-state index contributed by atoms with van der Waals surface area (Å²) in [5, 5.41) is 10.3. The van der Waals surface area contributed by atoms with Gasteiger partial charge in [0.2, 0.25) is 0 Å². The number of hydrogen-bond donors (Lipinski definition) is 4. The van der Waals surface area contributed by atoms with Crippen LogP contribution >= 0.6 is 15.6 Å². The lowest BCUT2D eigenvalue weighted by atomic mass is 10.0. The Morgan fingerprint density at radius 1 is 1.31 bits per heavy atom. The first-order valence-corrected chi connectivity index (χ1v) is 11.2. The van der Waals surface area contributed by atoms with E-state index in [1.54, 1.807) is 6.92 Å². The van der Waals surface area contributed by atoms with Gasteiger partial charge in [0.1, 0.15) is 18.7 Å². The summed E-state index contributed by atoms with van der Waals surface area (Å²) in [4.78, 5) is 48.1. The number of ether oxygens (including phenoxy) is 1. The summed E-state index contributed by atoms with van der Waals surface area (Å²) in [7, 11) is -9.78. The van der Waals surface area contributed by atoms with Crippen molar-refractivity contribution in [1.82, 2.24) is 18.9 Å². The summed E-state index contributed by atoms with van der Waals surface area (Å²) in [6.07, 6.45) is 0.955. The maximum Gasteiger partial charge on any atom is 0.480 e. The Labute approximate surface area is 162 Å². The monoisotopic (exact) mass is 452 g/mol. The van der Waals surface area contributed by atoms with Crippen molar-refractivity contribution in [3.05, 3.63) is 51.8 Å². The lowest BCUT2D eigenvalue weighted by Gasteiger charge is -2.19. The van der Waals surface area contributed by atoms with Crippen LogP contribution in [0.2, 0.25) is 0 Å². The minimum atomic E-state index is -5.03. The second-order valence-corrected chi connectivity index (χ2v) is 9.50. The molecule has 0 aromatic carbocycles. The Hall–Kier alpha value is -1.89. The number of aliphatic hydroxyl groups excluding tert-OH is 1. The highest BCUT2D eigenvalue weighted by Crippen LogP contribution is 2.60. The zero-order valence-electron chi connectivity index (χ0n) is 14.8. The Balaban J connectivity index is 1.67. The van der Waals surface area contributed by atoms with Crippen molar-refractivity contribution in [2.75, 3.05) is 6.61 Å². The Morgan fingerprint density at radius 3 is 2.66 bits per heavy atom. The van der Waals surface area contributed by atoms with Crippen LogP contribution in [0.15, 0.2) is 40.6 Å². The van der Waals surface area contributed by atoms with E-state index in [0.29, 0.717) is 4.34 Å². The molecule has 1 saturated heterocycles. The first-order valence-electron chi connectivity index (χ1n) is 8.15.